The zero-order valence-electron chi connectivity index (χ0n) is 10.5. The highest BCUT2D eigenvalue weighted by molar-refractivity contribution is 14.1. The molecule has 0 aromatic heterocycles. The SMILES string of the molecule is CC(C(=O)C1(I)CC(=O)N(O)C1=O)c1ccc(O)cc1. The van der Waals surface area contributed by atoms with Crippen LogP contribution in [0.3, 0.4) is 0 Å². The topological polar surface area (TPSA) is 94.9 Å². The molecular weight excluding hydrogens is 377 g/mol. The van der Waals surface area contributed by atoms with Gasteiger partial charge < -0.3 is 5.11 Å². The number of phenolic OH excluding ortho intramolecular Hbond substituents is 1. The molecule has 7 heteroatoms. The van der Waals surface area contributed by atoms with Gasteiger partial charge in [-0.05, 0) is 17.7 Å². The highest BCUT2D eigenvalue weighted by Gasteiger charge is 2.56. The zero-order chi connectivity index (χ0) is 15.1. The molecule has 1 aromatic carbocycles. The number of amides is 2. The minimum absolute atomic E-state index is 0.00782. The molecule has 1 heterocycles. The summed E-state index contributed by atoms with van der Waals surface area (Å²) in [5.74, 6) is -2.69. The van der Waals surface area contributed by atoms with E-state index in [0.717, 1.165) is 0 Å². The van der Waals surface area contributed by atoms with Crippen LogP contribution in [0.4, 0.5) is 0 Å². The van der Waals surface area contributed by atoms with Gasteiger partial charge in [-0.15, -0.1) is 0 Å². The normalized spacial score (nSPS) is 24.1. The molecule has 1 aliphatic heterocycles. The molecule has 2 amide bonds. The number of phenols is 1. The summed E-state index contributed by atoms with van der Waals surface area (Å²) in [4.78, 5) is 35.7. The van der Waals surface area contributed by atoms with Gasteiger partial charge in [0.2, 0.25) is 0 Å². The van der Waals surface area contributed by atoms with Crippen LogP contribution in [0.15, 0.2) is 24.3 Å². The molecule has 0 radical (unpaired) electrons. The highest BCUT2D eigenvalue weighted by atomic mass is 127. The van der Waals surface area contributed by atoms with E-state index in [9.17, 15) is 24.7 Å². The van der Waals surface area contributed by atoms with Crippen LogP contribution in [0.2, 0.25) is 0 Å². The number of hydroxylamine groups is 2. The maximum absolute atomic E-state index is 12.5. The van der Waals surface area contributed by atoms with Gasteiger partial charge in [0, 0.05) is 5.92 Å². The van der Waals surface area contributed by atoms with Crippen molar-refractivity contribution in [2.24, 2.45) is 0 Å². The molecule has 6 nitrogen and oxygen atoms in total. The van der Waals surface area contributed by atoms with Crippen LogP contribution in [0, 0.1) is 0 Å². The van der Waals surface area contributed by atoms with Gasteiger partial charge in [0.15, 0.2) is 9.20 Å². The highest BCUT2D eigenvalue weighted by Crippen LogP contribution is 2.38. The Balaban J connectivity index is 2.29. The summed E-state index contributed by atoms with van der Waals surface area (Å²) in [7, 11) is 0. The van der Waals surface area contributed by atoms with Crippen molar-refractivity contribution in [3.05, 3.63) is 29.8 Å². The Morgan fingerprint density at radius 1 is 1.35 bits per heavy atom. The number of carbonyl (C=O) groups is 3. The number of halogens is 1. The van der Waals surface area contributed by atoms with Gasteiger partial charge in [-0.25, -0.2) is 0 Å². The molecule has 0 spiro atoms. The molecule has 20 heavy (non-hydrogen) atoms. The van der Waals surface area contributed by atoms with Crippen molar-refractivity contribution < 1.29 is 24.7 Å². The molecule has 1 aromatic rings. The molecule has 2 atom stereocenters. The van der Waals surface area contributed by atoms with Crippen LogP contribution in [0.25, 0.3) is 0 Å². The van der Waals surface area contributed by atoms with E-state index in [0.29, 0.717) is 5.56 Å². The Labute approximate surface area is 128 Å². The van der Waals surface area contributed by atoms with Crippen molar-refractivity contribution in [1.29, 1.82) is 0 Å². The van der Waals surface area contributed by atoms with Crippen LogP contribution in [-0.2, 0) is 14.4 Å². The van der Waals surface area contributed by atoms with Gasteiger partial charge in [-0.1, -0.05) is 41.6 Å². The summed E-state index contributed by atoms with van der Waals surface area (Å²) >= 11 is 1.63. The fourth-order valence-corrected chi connectivity index (χ4v) is 3.11. The number of rotatable bonds is 3. The summed E-state index contributed by atoms with van der Waals surface area (Å²) in [6.45, 7) is 1.62. The second-order valence-corrected chi connectivity index (χ2v) is 6.51. The third-order valence-corrected chi connectivity index (χ3v) is 4.71. The van der Waals surface area contributed by atoms with Gasteiger partial charge in [0.1, 0.15) is 5.75 Å². The van der Waals surface area contributed by atoms with E-state index >= 15 is 0 Å². The monoisotopic (exact) mass is 389 g/mol. The molecule has 1 fully saturated rings. The Kier molecular flexibility index (Phi) is 3.83. The fraction of sp³-hybridized carbons (Fsp3) is 0.308. The van der Waals surface area contributed by atoms with Crippen LogP contribution >= 0.6 is 22.6 Å². The maximum atomic E-state index is 12.5. The first-order valence-electron chi connectivity index (χ1n) is 5.86. The van der Waals surface area contributed by atoms with E-state index in [4.69, 9.17) is 0 Å². The smallest absolute Gasteiger partial charge is 0.277 e. The van der Waals surface area contributed by atoms with E-state index in [1.807, 2.05) is 0 Å². The third kappa shape index (κ3) is 2.31. The molecule has 106 valence electrons. The van der Waals surface area contributed by atoms with Crippen LogP contribution in [-0.4, -0.2) is 36.4 Å². The molecule has 2 unspecified atom stereocenters. The number of alkyl halides is 1. The molecular formula is C13H12INO5. The standard InChI is InChI=1S/C13H12INO5/c1-7(8-2-4-9(16)5-3-8)11(18)13(14)6-10(17)15(20)12(13)19/h2-5,7,16,20H,6H2,1H3. The number of carbonyl (C=O) groups excluding carboxylic acids is 3. The Morgan fingerprint density at radius 3 is 2.35 bits per heavy atom. The third-order valence-electron chi connectivity index (χ3n) is 3.34. The van der Waals surface area contributed by atoms with Crippen molar-refractivity contribution >= 4 is 40.2 Å². The molecule has 0 bridgehead atoms. The fourth-order valence-electron chi connectivity index (χ4n) is 2.09. The number of aromatic hydroxyl groups is 1. The van der Waals surface area contributed by atoms with Crippen molar-refractivity contribution in [2.45, 2.75) is 22.7 Å². The lowest BCUT2D eigenvalue weighted by molar-refractivity contribution is -0.171. The van der Waals surface area contributed by atoms with Crippen LogP contribution in [0.1, 0.15) is 24.8 Å². The van der Waals surface area contributed by atoms with Crippen molar-refractivity contribution in [2.75, 3.05) is 0 Å². The number of hydrogen-bond donors (Lipinski definition) is 2. The van der Waals surface area contributed by atoms with Gasteiger partial charge in [-0.3, -0.25) is 19.6 Å². The van der Waals surface area contributed by atoms with E-state index < -0.39 is 26.9 Å². The van der Waals surface area contributed by atoms with Gasteiger partial charge in [-0.2, -0.15) is 5.06 Å². The van der Waals surface area contributed by atoms with Crippen LogP contribution in [0.5, 0.6) is 5.75 Å². The lowest BCUT2D eigenvalue weighted by Crippen LogP contribution is -2.42. The second-order valence-electron chi connectivity index (χ2n) is 4.67. The van der Waals surface area contributed by atoms with Gasteiger partial charge in [0.25, 0.3) is 11.8 Å². The first-order valence-corrected chi connectivity index (χ1v) is 6.93. The maximum Gasteiger partial charge on any atom is 0.277 e. The Hall–Kier alpha value is -1.48. The van der Waals surface area contributed by atoms with Gasteiger partial charge in [0.05, 0.1) is 6.42 Å². The number of Topliss-reactive ketones (excluding diaryl/α,β-unsaturated/α-hetero) is 1. The van der Waals surface area contributed by atoms with E-state index in [-0.39, 0.29) is 17.2 Å². The van der Waals surface area contributed by atoms with Crippen LogP contribution < -0.4 is 0 Å². The molecule has 0 saturated carbocycles. The van der Waals surface area contributed by atoms with Crippen molar-refractivity contribution in [3.63, 3.8) is 0 Å². The minimum Gasteiger partial charge on any atom is -0.508 e. The lowest BCUT2D eigenvalue weighted by atomic mass is 9.87. The van der Waals surface area contributed by atoms with Crippen molar-refractivity contribution in [1.82, 2.24) is 5.06 Å². The summed E-state index contributed by atoms with van der Waals surface area (Å²) in [5, 5.41) is 18.5. The second kappa shape index (κ2) is 5.13. The minimum atomic E-state index is -1.57. The first kappa shape index (κ1) is 14.9. The lowest BCUT2D eigenvalue weighted by Gasteiger charge is -2.21. The number of ketones is 1. The number of imide groups is 1. The Morgan fingerprint density at radius 2 is 1.90 bits per heavy atom. The summed E-state index contributed by atoms with van der Waals surface area (Å²) in [6.07, 6.45) is -0.343. The van der Waals surface area contributed by atoms with E-state index in [1.54, 1.807) is 41.6 Å². The molecule has 2 rings (SSSR count). The predicted octanol–water partition coefficient (Wildman–Crippen LogP) is 1.39. The zero-order valence-corrected chi connectivity index (χ0v) is 12.7. The quantitative estimate of drug-likeness (QED) is 0.268. The van der Waals surface area contributed by atoms with E-state index in [2.05, 4.69) is 0 Å². The van der Waals surface area contributed by atoms with E-state index in [1.165, 1.54) is 12.1 Å². The first-order chi connectivity index (χ1) is 9.27. The molecule has 1 aliphatic rings. The number of benzene rings is 1. The largest absolute Gasteiger partial charge is 0.508 e. The Bertz CT molecular complexity index is 585. The summed E-state index contributed by atoms with van der Waals surface area (Å²) in [5.41, 5.74) is 0.625. The molecule has 0 aliphatic carbocycles. The number of hydrogen-bond acceptors (Lipinski definition) is 5. The summed E-state index contributed by atoms with van der Waals surface area (Å²) < 4.78 is -1.57. The van der Waals surface area contributed by atoms with Gasteiger partial charge >= 0.3 is 0 Å². The summed E-state index contributed by atoms with van der Waals surface area (Å²) in [6, 6.07) is 6.05. The molecule has 1 saturated heterocycles. The van der Waals surface area contributed by atoms with Crippen molar-refractivity contribution in [3.8, 4) is 5.75 Å². The predicted molar refractivity (Wildman–Crippen MR) is 76.5 cm³/mol. The average Bonchev–Trinajstić information content (AvgIpc) is 2.63. The molecule has 2 N–H and O–H groups in total. The number of nitrogens with zero attached hydrogens (tertiary/aromatic N) is 1. The average molecular weight is 389 g/mol.